The average molecular weight is 254 g/mol. The fraction of sp³-hybridized carbons (Fsp3) is 0.923. The number of hydrogen-bond acceptors (Lipinski definition) is 4. The minimum atomic E-state index is 0.244. The molecule has 0 spiro atoms. The van der Waals surface area contributed by atoms with Gasteiger partial charge in [-0.25, -0.2) is 0 Å². The maximum atomic E-state index is 11.8. The lowest BCUT2D eigenvalue weighted by molar-refractivity contribution is -0.131. The van der Waals surface area contributed by atoms with Crippen molar-refractivity contribution in [2.24, 2.45) is 0 Å². The molecule has 1 N–H and O–H groups in total. The van der Waals surface area contributed by atoms with E-state index < -0.39 is 0 Å². The molecular formula is C13H26N4O. The van der Waals surface area contributed by atoms with Crippen LogP contribution in [0.15, 0.2) is 0 Å². The summed E-state index contributed by atoms with van der Waals surface area (Å²) in [4.78, 5) is 18.5. The molecule has 5 heteroatoms. The highest BCUT2D eigenvalue weighted by atomic mass is 16.2. The van der Waals surface area contributed by atoms with Crippen molar-refractivity contribution >= 4 is 5.91 Å². The molecule has 0 bridgehead atoms. The van der Waals surface area contributed by atoms with Crippen molar-refractivity contribution in [3.05, 3.63) is 0 Å². The molecule has 2 saturated heterocycles. The number of amides is 1. The Hall–Kier alpha value is -0.650. The predicted octanol–water partition coefficient (Wildman–Crippen LogP) is -0.556. The van der Waals surface area contributed by atoms with E-state index in [1.54, 1.807) is 4.90 Å². The molecule has 0 aliphatic carbocycles. The van der Waals surface area contributed by atoms with Crippen molar-refractivity contribution < 1.29 is 4.79 Å². The first-order valence-corrected chi connectivity index (χ1v) is 7.11. The Morgan fingerprint density at radius 2 is 2.06 bits per heavy atom. The highest BCUT2D eigenvalue weighted by molar-refractivity contribution is 5.77. The number of rotatable bonds is 4. The Labute approximate surface area is 110 Å². The Morgan fingerprint density at radius 1 is 1.33 bits per heavy atom. The zero-order valence-electron chi connectivity index (χ0n) is 11.7. The summed E-state index contributed by atoms with van der Waals surface area (Å²) in [6.45, 7) is 9.96. The van der Waals surface area contributed by atoms with E-state index in [2.05, 4.69) is 15.1 Å². The Bertz CT molecular complexity index is 270. The van der Waals surface area contributed by atoms with Gasteiger partial charge in [0.05, 0.1) is 6.54 Å². The summed E-state index contributed by atoms with van der Waals surface area (Å²) in [5.74, 6) is 0.244. The molecule has 0 aromatic heterocycles. The SMILES string of the molecule is CCN(C)C(=O)CN1CCN(C2CCNC2)CC1. The fourth-order valence-electron chi connectivity index (χ4n) is 2.73. The van der Waals surface area contributed by atoms with Gasteiger partial charge in [-0.1, -0.05) is 0 Å². The average Bonchev–Trinajstić information content (AvgIpc) is 2.92. The third kappa shape index (κ3) is 3.43. The van der Waals surface area contributed by atoms with Crippen LogP contribution in [0.1, 0.15) is 13.3 Å². The lowest BCUT2D eigenvalue weighted by Crippen LogP contribution is -2.52. The van der Waals surface area contributed by atoms with Crippen LogP contribution < -0.4 is 5.32 Å². The highest BCUT2D eigenvalue weighted by Crippen LogP contribution is 2.11. The van der Waals surface area contributed by atoms with E-state index in [-0.39, 0.29) is 5.91 Å². The van der Waals surface area contributed by atoms with Gasteiger partial charge in [-0.3, -0.25) is 14.6 Å². The van der Waals surface area contributed by atoms with Gasteiger partial charge in [0.1, 0.15) is 0 Å². The molecule has 18 heavy (non-hydrogen) atoms. The first kappa shape index (κ1) is 13.8. The first-order chi connectivity index (χ1) is 8.70. The number of nitrogens with one attached hydrogen (secondary N) is 1. The van der Waals surface area contributed by atoms with Crippen molar-refractivity contribution in [2.45, 2.75) is 19.4 Å². The minimum Gasteiger partial charge on any atom is -0.345 e. The summed E-state index contributed by atoms with van der Waals surface area (Å²) >= 11 is 0. The Balaban J connectivity index is 1.71. The van der Waals surface area contributed by atoms with Crippen molar-refractivity contribution in [1.82, 2.24) is 20.0 Å². The lowest BCUT2D eigenvalue weighted by atomic mass is 10.2. The molecule has 0 radical (unpaired) electrons. The van der Waals surface area contributed by atoms with Gasteiger partial charge in [0.15, 0.2) is 0 Å². The summed E-state index contributed by atoms with van der Waals surface area (Å²) in [7, 11) is 1.88. The molecule has 0 saturated carbocycles. The van der Waals surface area contributed by atoms with Crippen molar-refractivity contribution in [2.75, 3.05) is 59.4 Å². The summed E-state index contributed by atoms with van der Waals surface area (Å²) in [5.41, 5.74) is 0. The van der Waals surface area contributed by atoms with Crippen LogP contribution in [0.25, 0.3) is 0 Å². The van der Waals surface area contributed by atoms with Crippen molar-refractivity contribution in [1.29, 1.82) is 0 Å². The number of hydrogen-bond donors (Lipinski definition) is 1. The van der Waals surface area contributed by atoms with Gasteiger partial charge >= 0.3 is 0 Å². The Morgan fingerprint density at radius 3 is 2.61 bits per heavy atom. The van der Waals surface area contributed by atoms with Crippen LogP contribution in [0.4, 0.5) is 0 Å². The molecular weight excluding hydrogens is 228 g/mol. The largest absolute Gasteiger partial charge is 0.345 e. The third-order valence-corrected chi connectivity index (χ3v) is 4.22. The van der Waals surface area contributed by atoms with Crippen LogP contribution in [0.2, 0.25) is 0 Å². The highest BCUT2D eigenvalue weighted by Gasteiger charge is 2.26. The molecule has 1 atom stereocenters. The van der Waals surface area contributed by atoms with Crippen LogP contribution in [-0.2, 0) is 4.79 Å². The molecule has 2 heterocycles. The van der Waals surface area contributed by atoms with E-state index >= 15 is 0 Å². The smallest absolute Gasteiger partial charge is 0.236 e. The number of piperazine rings is 1. The van der Waals surface area contributed by atoms with E-state index in [4.69, 9.17) is 0 Å². The summed E-state index contributed by atoms with van der Waals surface area (Å²) in [5, 5.41) is 3.42. The number of carbonyl (C=O) groups is 1. The molecule has 2 aliphatic rings. The van der Waals surface area contributed by atoms with Crippen LogP contribution >= 0.6 is 0 Å². The second-order valence-electron chi connectivity index (χ2n) is 5.37. The molecule has 5 nitrogen and oxygen atoms in total. The molecule has 104 valence electrons. The third-order valence-electron chi connectivity index (χ3n) is 4.22. The minimum absolute atomic E-state index is 0.244. The molecule has 1 unspecified atom stereocenters. The van der Waals surface area contributed by atoms with Gasteiger partial charge in [-0.05, 0) is 19.9 Å². The van der Waals surface area contributed by atoms with Gasteiger partial charge in [0.25, 0.3) is 0 Å². The van der Waals surface area contributed by atoms with E-state index in [1.807, 2.05) is 14.0 Å². The monoisotopic (exact) mass is 254 g/mol. The van der Waals surface area contributed by atoms with Crippen LogP contribution in [-0.4, -0.2) is 86.1 Å². The molecule has 0 aromatic carbocycles. The maximum absolute atomic E-state index is 11.8. The predicted molar refractivity (Wildman–Crippen MR) is 72.6 cm³/mol. The van der Waals surface area contributed by atoms with Crippen LogP contribution in [0.3, 0.4) is 0 Å². The standard InChI is InChI=1S/C13H26N4O/c1-3-15(2)13(18)11-16-6-8-17(9-7-16)12-4-5-14-10-12/h12,14H,3-11H2,1-2H3. The molecule has 2 fully saturated rings. The number of carbonyl (C=O) groups excluding carboxylic acids is 1. The lowest BCUT2D eigenvalue weighted by Gasteiger charge is -2.37. The molecule has 2 rings (SSSR count). The van der Waals surface area contributed by atoms with Crippen LogP contribution in [0.5, 0.6) is 0 Å². The van der Waals surface area contributed by atoms with Gasteiger partial charge in [0.2, 0.25) is 5.91 Å². The second-order valence-corrected chi connectivity index (χ2v) is 5.37. The quantitative estimate of drug-likeness (QED) is 0.730. The second kappa shape index (κ2) is 6.50. The first-order valence-electron chi connectivity index (χ1n) is 7.11. The van der Waals surface area contributed by atoms with Gasteiger partial charge in [-0.15, -0.1) is 0 Å². The van der Waals surface area contributed by atoms with E-state index in [1.165, 1.54) is 6.42 Å². The zero-order valence-corrected chi connectivity index (χ0v) is 11.7. The maximum Gasteiger partial charge on any atom is 0.236 e. The molecule has 0 aromatic rings. The van der Waals surface area contributed by atoms with E-state index in [0.29, 0.717) is 6.54 Å². The zero-order chi connectivity index (χ0) is 13.0. The molecule has 2 aliphatic heterocycles. The fourth-order valence-corrected chi connectivity index (χ4v) is 2.73. The van der Waals surface area contributed by atoms with Gasteiger partial charge in [-0.2, -0.15) is 0 Å². The summed E-state index contributed by atoms with van der Waals surface area (Å²) < 4.78 is 0. The van der Waals surface area contributed by atoms with E-state index in [9.17, 15) is 4.79 Å². The van der Waals surface area contributed by atoms with Crippen molar-refractivity contribution in [3.8, 4) is 0 Å². The summed E-state index contributed by atoms with van der Waals surface area (Å²) in [6, 6.07) is 0.723. The normalized spacial score (nSPS) is 26.4. The topological polar surface area (TPSA) is 38.8 Å². The van der Waals surface area contributed by atoms with Crippen LogP contribution in [0, 0.1) is 0 Å². The number of likely N-dealkylation sites (N-methyl/N-ethyl adjacent to an activating group) is 1. The van der Waals surface area contributed by atoms with Gasteiger partial charge < -0.3 is 10.2 Å². The van der Waals surface area contributed by atoms with E-state index in [0.717, 1.165) is 51.9 Å². The Kier molecular flexibility index (Phi) is 4.97. The number of nitrogens with zero attached hydrogens (tertiary/aromatic N) is 3. The van der Waals surface area contributed by atoms with Crippen molar-refractivity contribution in [3.63, 3.8) is 0 Å². The van der Waals surface area contributed by atoms with Gasteiger partial charge in [0, 0.05) is 52.4 Å². The molecule has 1 amide bonds. The summed E-state index contributed by atoms with van der Waals surface area (Å²) in [6.07, 6.45) is 1.28.